The Morgan fingerprint density at radius 3 is 2.37 bits per heavy atom. The van der Waals surface area contributed by atoms with Crippen LogP contribution in [0.5, 0.6) is 11.5 Å². The minimum absolute atomic E-state index is 0.249. The number of carbonyl (C=O) groups excluding carboxylic acids is 1. The third kappa shape index (κ3) is 6.11. The van der Waals surface area contributed by atoms with E-state index >= 15 is 0 Å². The number of rotatable bonds is 9. The van der Waals surface area contributed by atoms with Crippen LogP contribution in [0.3, 0.4) is 0 Å². The van der Waals surface area contributed by atoms with Gasteiger partial charge in [-0.1, -0.05) is 11.6 Å². The SMILES string of the molecule is CCOC(=O)COc1cc2nc(N3CCOCC3)nc(N3CCC(n4c(=O)c5cc(C)ccc5n(C)c4=O)CC3)c2cc1OCC. The number of nitrogens with zero attached hydrogens (tertiary/aromatic N) is 6. The van der Waals surface area contributed by atoms with Gasteiger partial charge in [0.05, 0.1) is 42.8 Å². The number of hydrogen-bond acceptors (Lipinski definition) is 11. The number of aromatic nitrogens is 4. The maximum absolute atomic E-state index is 13.6. The molecule has 0 N–H and O–H groups in total. The smallest absolute Gasteiger partial charge is 0.344 e. The molecule has 0 unspecified atom stereocenters. The molecule has 2 saturated heterocycles. The molecule has 0 amide bonds. The Morgan fingerprint density at radius 2 is 1.65 bits per heavy atom. The van der Waals surface area contributed by atoms with Crippen molar-refractivity contribution < 1.29 is 23.7 Å². The van der Waals surface area contributed by atoms with Crippen LogP contribution in [0.4, 0.5) is 11.8 Å². The number of morpholine rings is 1. The first-order valence-electron chi connectivity index (χ1n) is 15.9. The van der Waals surface area contributed by atoms with E-state index in [1.165, 1.54) is 4.57 Å². The molecule has 13 nitrogen and oxygen atoms in total. The van der Waals surface area contributed by atoms with Gasteiger partial charge in [0, 0.05) is 50.7 Å². The fraction of sp³-hybridized carbons (Fsp3) is 0.485. The summed E-state index contributed by atoms with van der Waals surface area (Å²) in [6.45, 7) is 9.58. The largest absolute Gasteiger partial charge is 0.490 e. The molecule has 46 heavy (non-hydrogen) atoms. The first-order chi connectivity index (χ1) is 22.3. The molecule has 4 aromatic rings. The van der Waals surface area contributed by atoms with Crippen molar-refractivity contribution in [3.63, 3.8) is 0 Å². The van der Waals surface area contributed by atoms with Crippen molar-refractivity contribution in [2.45, 2.75) is 39.7 Å². The van der Waals surface area contributed by atoms with Gasteiger partial charge in [0.2, 0.25) is 5.95 Å². The number of fused-ring (bicyclic) bond motifs is 2. The summed E-state index contributed by atoms with van der Waals surface area (Å²) in [5.41, 5.74) is 1.69. The molecule has 2 aliphatic heterocycles. The number of carbonyl (C=O) groups is 1. The lowest BCUT2D eigenvalue weighted by atomic mass is 10.0. The van der Waals surface area contributed by atoms with E-state index in [2.05, 4.69) is 9.80 Å². The fourth-order valence-electron chi connectivity index (χ4n) is 6.23. The van der Waals surface area contributed by atoms with Gasteiger partial charge in [-0.15, -0.1) is 0 Å². The molecular formula is C33H40N6O7. The molecule has 2 aliphatic rings. The molecule has 0 atom stereocenters. The van der Waals surface area contributed by atoms with Gasteiger partial charge in [-0.25, -0.2) is 14.6 Å². The second-order valence-corrected chi connectivity index (χ2v) is 11.5. The minimum atomic E-state index is -0.471. The second kappa shape index (κ2) is 13.4. The quantitative estimate of drug-likeness (QED) is 0.253. The Kier molecular flexibility index (Phi) is 9.11. The van der Waals surface area contributed by atoms with Crippen LogP contribution >= 0.6 is 0 Å². The summed E-state index contributed by atoms with van der Waals surface area (Å²) in [4.78, 5) is 53.3. The van der Waals surface area contributed by atoms with E-state index in [4.69, 9.17) is 28.9 Å². The zero-order valence-electron chi connectivity index (χ0n) is 26.8. The summed E-state index contributed by atoms with van der Waals surface area (Å²) < 4.78 is 25.4. The molecule has 2 fully saturated rings. The molecule has 13 heteroatoms. The number of anilines is 2. The van der Waals surface area contributed by atoms with E-state index in [1.807, 2.05) is 38.1 Å². The molecule has 4 heterocycles. The van der Waals surface area contributed by atoms with Crippen LogP contribution in [0.15, 0.2) is 39.9 Å². The van der Waals surface area contributed by atoms with Gasteiger partial charge in [-0.3, -0.25) is 13.9 Å². The Bertz CT molecular complexity index is 1870. The molecule has 6 rings (SSSR count). The average molecular weight is 633 g/mol. The predicted octanol–water partition coefficient (Wildman–Crippen LogP) is 2.97. The highest BCUT2D eigenvalue weighted by molar-refractivity contribution is 5.93. The van der Waals surface area contributed by atoms with E-state index in [-0.39, 0.29) is 30.5 Å². The molecule has 244 valence electrons. The van der Waals surface area contributed by atoms with Crippen molar-refractivity contribution in [1.29, 1.82) is 0 Å². The maximum Gasteiger partial charge on any atom is 0.344 e. The lowest BCUT2D eigenvalue weighted by Gasteiger charge is -2.35. The molecule has 0 radical (unpaired) electrons. The number of piperidine rings is 1. The van der Waals surface area contributed by atoms with Crippen molar-refractivity contribution in [3.8, 4) is 11.5 Å². The Labute approximate surface area is 266 Å². The van der Waals surface area contributed by atoms with Gasteiger partial charge in [0.25, 0.3) is 5.56 Å². The average Bonchev–Trinajstić information content (AvgIpc) is 3.07. The lowest BCUT2D eigenvalue weighted by molar-refractivity contribution is -0.145. The van der Waals surface area contributed by atoms with Crippen LogP contribution < -0.4 is 30.5 Å². The van der Waals surface area contributed by atoms with Crippen molar-refractivity contribution in [2.24, 2.45) is 7.05 Å². The zero-order chi connectivity index (χ0) is 32.4. The first kappa shape index (κ1) is 31.3. The van der Waals surface area contributed by atoms with E-state index < -0.39 is 5.97 Å². The number of aryl methyl sites for hydroxylation is 2. The van der Waals surface area contributed by atoms with Crippen LogP contribution in [-0.2, 0) is 21.3 Å². The highest BCUT2D eigenvalue weighted by atomic mass is 16.6. The number of benzene rings is 2. The first-order valence-corrected chi connectivity index (χ1v) is 15.9. The highest BCUT2D eigenvalue weighted by Crippen LogP contribution is 2.38. The van der Waals surface area contributed by atoms with Crippen LogP contribution in [0.2, 0.25) is 0 Å². The predicted molar refractivity (Wildman–Crippen MR) is 175 cm³/mol. The van der Waals surface area contributed by atoms with Crippen LogP contribution in [0.25, 0.3) is 21.8 Å². The van der Waals surface area contributed by atoms with Crippen molar-refractivity contribution in [1.82, 2.24) is 19.1 Å². The summed E-state index contributed by atoms with van der Waals surface area (Å²) in [5, 5.41) is 1.32. The Morgan fingerprint density at radius 1 is 0.913 bits per heavy atom. The summed E-state index contributed by atoms with van der Waals surface area (Å²) in [6.07, 6.45) is 1.17. The van der Waals surface area contributed by atoms with Crippen molar-refractivity contribution in [2.75, 3.05) is 69.0 Å². The maximum atomic E-state index is 13.6. The molecule has 0 aliphatic carbocycles. The summed E-state index contributed by atoms with van der Waals surface area (Å²) in [6, 6.07) is 8.98. The van der Waals surface area contributed by atoms with Crippen molar-refractivity contribution >= 4 is 39.5 Å². The van der Waals surface area contributed by atoms with Crippen LogP contribution in [-0.4, -0.2) is 84.3 Å². The molecule has 0 saturated carbocycles. The van der Waals surface area contributed by atoms with Gasteiger partial charge in [-0.2, -0.15) is 4.98 Å². The molecule has 0 bridgehead atoms. The van der Waals surface area contributed by atoms with E-state index in [0.717, 1.165) is 16.8 Å². The Hall–Kier alpha value is -4.65. The van der Waals surface area contributed by atoms with Crippen LogP contribution in [0, 0.1) is 6.92 Å². The van der Waals surface area contributed by atoms with Crippen molar-refractivity contribution in [3.05, 3.63) is 56.7 Å². The summed E-state index contributed by atoms with van der Waals surface area (Å²) >= 11 is 0. The Balaban J connectivity index is 1.36. The zero-order valence-corrected chi connectivity index (χ0v) is 26.8. The third-order valence-corrected chi connectivity index (χ3v) is 8.56. The van der Waals surface area contributed by atoms with Gasteiger partial charge >= 0.3 is 11.7 Å². The standard InChI is InChI=1S/C33H40N6O7/c1-5-44-27-18-23-25(19-28(27)46-20-29(40)45-6-2)34-32(38-13-15-43-16-14-38)35-30(23)37-11-9-22(10-12-37)39-31(41)24-17-21(3)7-8-26(24)36(4)33(39)42/h7-8,17-19,22H,5-6,9-16,20H2,1-4H3. The normalized spacial score (nSPS) is 15.8. The highest BCUT2D eigenvalue weighted by Gasteiger charge is 2.28. The molecule has 0 spiro atoms. The second-order valence-electron chi connectivity index (χ2n) is 11.5. The van der Waals surface area contributed by atoms with Gasteiger partial charge < -0.3 is 28.7 Å². The monoisotopic (exact) mass is 632 g/mol. The third-order valence-electron chi connectivity index (χ3n) is 8.56. The number of hydrogen-bond donors (Lipinski definition) is 0. The number of esters is 1. The summed E-state index contributed by atoms with van der Waals surface area (Å²) in [7, 11) is 1.71. The molecule has 2 aromatic heterocycles. The fourth-order valence-corrected chi connectivity index (χ4v) is 6.23. The van der Waals surface area contributed by atoms with E-state index in [1.54, 1.807) is 24.6 Å². The van der Waals surface area contributed by atoms with Crippen LogP contribution in [0.1, 0.15) is 38.3 Å². The summed E-state index contributed by atoms with van der Waals surface area (Å²) in [5.74, 6) is 1.70. The lowest BCUT2D eigenvalue weighted by Crippen LogP contribution is -2.45. The molecule has 2 aromatic carbocycles. The number of ether oxygens (including phenoxy) is 4. The van der Waals surface area contributed by atoms with Gasteiger partial charge in [-0.05, 0) is 51.8 Å². The van der Waals surface area contributed by atoms with Gasteiger partial charge in [0.15, 0.2) is 18.1 Å². The van der Waals surface area contributed by atoms with Gasteiger partial charge in [0.1, 0.15) is 5.82 Å². The molecular weight excluding hydrogens is 592 g/mol. The topological polar surface area (TPSA) is 130 Å². The van der Waals surface area contributed by atoms with E-state index in [9.17, 15) is 14.4 Å². The van der Waals surface area contributed by atoms with E-state index in [0.29, 0.717) is 92.7 Å². The minimum Gasteiger partial charge on any atom is -0.490 e.